The molecule has 2 rings (SSSR count). The van der Waals surface area contributed by atoms with Gasteiger partial charge >= 0.3 is 18.1 Å². The predicted octanol–water partition coefficient (Wildman–Crippen LogP) is -0.192. The first-order valence-corrected chi connectivity index (χ1v) is 8.44. The largest absolute Gasteiger partial charge is 0.468 e. The Bertz CT molecular complexity index is 606. The molecule has 2 heterocycles. The average molecular weight is 370 g/mol. The molecule has 1 spiro atoms. The van der Waals surface area contributed by atoms with Gasteiger partial charge in [0.15, 0.2) is 0 Å². The van der Waals surface area contributed by atoms with Crippen LogP contribution >= 0.6 is 0 Å². The Kier molecular flexibility index (Phi) is 5.45. The lowest BCUT2D eigenvalue weighted by Crippen LogP contribution is -2.56. The first kappa shape index (κ1) is 20.0. The average Bonchev–Trinajstić information content (AvgIpc) is 2.77. The van der Waals surface area contributed by atoms with E-state index in [-0.39, 0.29) is 32.5 Å². The zero-order valence-corrected chi connectivity index (χ0v) is 15.5. The second-order valence-corrected chi connectivity index (χ2v) is 7.53. The van der Waals surface area contributed by atoms with Gasteiger partial charge in [0.2, 0.25) is 0 Å². The summed E-state index contributed by atoms with van der Waals surface area (Å²) >= 11 is 0. The first-order chi connectivity index (χ1) is 12.0. The summed E-state index contributed by atoms with van der Waals surface area (Å²) in [5, 5.41) is 2.69. The van der Waals surface area contributed by atoms with Crippen molar-refractivity contribution in [2.45, 2.75) is 50.8 Å². The van der Waals surface area contributed by atoms with Gasteiger partial charge in [-0.2, -0.15) is 0 Å². The van der Waals surface area contributed by atoms with Crippen LogP contribution in [-0.4, -0.2) is 77.7 Å². The molecule has 0 aromatic rings. The highest BCUT2D eigenvalue weighted by atomic mass is 16.6. The second kappa shape index (κ2) is 7.10. The number of methoxy groups -OCH3 is 1. The van der Waals surface area contributed by atoms with Crippen LogP contribution in [-0.2, 0) is 19.1 Å². The molecule has 0 saturated carbocycles. The van der Waals surface area contributed by atoms with Gasteiger partial charge < -0.3 is 25.4 Å². The molecule has 3 N–H and O–H groups in total. The number of esters is 1. The number of imide groups is 1. The first-order valence-electron chi connectivity index (χ1n) is 8.44. The molecule has 1 atom stereocenters. The van der Waals surface area contributed by atoms with E-state index in [0.717, 1.165) is 4.90 Å². The van der Waals surface area contributed by atoms with Crippen LogP contribution < -0.4 is 11.1 Å². The van der Waals surface area contributed by atoms with E-state index < -0.39 is 41.2 Å². The third kappa shape index (κ3) is 4.06. The van der Waals surface area contributed by atoms with Crippen molar-refractivity contribution in [2.75, 3.05) is 26.7 Å². The Morgan fingerprint density at radius 1 is 1.27 bits per heavy atom. The minimum atomic E-state index is -1.10. The van der Waals surface area contributed by atoms with Crippen LogP contribution in [0.5, 0.6) is 0 Å². The standard InChI is InChI=1S/C16H26N4O6/c1-15(2,3)26-14(24)19-7-5-16(6-8-19)12(22)20(13(23)18-16)9-10(17)11(21)25-4/h10H,5-9,17H2,1-4H3,(H,18,23). The van der Waals surface area contributed by atoms with Crippen molar-refractivity contribution in [3.8, 4) is 0 Å². The third-order valence-corrected chi connectivity index (χ3v) is 4.40. The van der Waals surface area contributed by atoms with Crippen LogP contribution in [0.3, 0.4) is 0 Å². The minimum Gasteiger partial charge on any atom is -0.468 e. The topological polar surface area (TPSA) is 131 Å². The fraction of sp³-hybridized carbons (Fsp3) is 0.750. The number of carbonyl (C=O) groups excluding carboxylic acids is 4. The number of rotatable bonds is 3. The predicted molar refractivity (Wildman–Crippen MR) is 90.0 cm³/mol. The number of carbonyl (C=O) groups is 4. The summed E-state index contributed by atoms with van der Waals surface area (Å²) < 4.78 is 9.84. The van der Waals surface area contributed by atoms with E-state index >= 15 is 0 Å². The number of nitrogens with one attached hydrogen (secondary N) is 1. The molecule has 4 amide bonds. The van der Waals surface area contributed by atoms with Gasteiger partial charge in [-0.25, -0.2) is 9.59 Å². The van der Waals surface area contributed by atoms with E-state index in [2.05, 4.69) is 10.1 Å². The van der Waals surface area contributed by atoms with Gasteiger partial charge in [-0.05, 0) is 33.6 Å². The number of piperidine rings is 1. The molecule has 146 valence electrons. The smallest absolute Gasteiger partial charge is 0.410 e. The molecule has 0 aliphatic carbocycles. The normalized spacial score (nSPS) is 20.8. The van der Waals surface area contributed by atoms with Crippen molar-refractivity contribution in [3.05, 3.63) is 0 Å². The van der Waals surface area contributed by atoms with E-state index in [0.29, 0.717) is 0 Å². The van der Waals surface area contributed by atoms with E-state index in [9.17, 15) is 19.2 Å². The van der Waals surface area contributed by atoms with Crippen LogP contribution in [0.2, 0.25) is 0 Å². The Morgan fingerprint density at radius 2 is 1.85 bits per heavy atom. The number of nitrogens with two attached hydrogens (primary N) is 1. The summed E-state index contributed by atoms with van der Waals surface area (Å²) in [5.74, 6) is -1.14. The van der Waals surface area contributed by atoms with Crippen molar-refractivity contribution >= 4 is 24.0 Å². The van der Waals surface area contributed by atoms with Crippen LogP contribution in [0.25, 0.3) is 0 Å². The van der Waals surface area contributed by atoms with Crippen LogP contribution in [0.15, 0.2) is 0 Å². The van der Waals surface area contributed by atoms with Gasteiger partial charge in [-0.1, -0.05) is 0 Å². The monoisotopic (exact) mass is 370 g/mol. The van der Waals surface area contributed by atoms with E-state index in [1.165, 1.54) is 12.0 Å². The lowest BCUT2D eigenvalue weighted by molar-refractivity contribution is -0.143. The fourth-order valence-electron chi connectivity index (χ4n) is 3.00. The van der Waals surface area contributed by atoms with E-state index in [1.54, 1.807) is 20.8 Å². The quantitative estimate of drug-likeness (QED) is 0.520. The summed E-state index contributed by atoms with van der Waals surface area (Å²) in [7, 11) is 1.18. The number of ether oxygens (including phenoxy) is 2. The summed E-state index contributed by atoms with van der Waals surface area (Å²) in [4.78, 5) is 51.0. The summed E-state index contributed by atoms with van der Waals surface area (Å²) in [5.41, 5.74) is 3.97. The molecule has 0 aromatic carbocycles. The van der Waals surface area contributed by atoms with Gasteiger partial charge in [0.25, 0.3) is 5.91 Å². The SMILES string of the molecule is COC(=O)C(N)CN1C(=O)NC2(CCN(C(=O)OC(C)(C)C)CC2)C1=O. The zero-order valence-electron chi connectivity index (χ0n) is 15.5. The summed E-state index contributed by atoms with van der Waals surface area (Å²) in [6.45, 7) is 5.63. The van der Waals surface area contributed by atoms with Crippen molar-refractivity contribution in [1.82, 2.24) is 15.1 Å². The van der Waals surface area contributed by atoms with E-state index in [4.69, 9.17) is 10.5 Å². The highest BCUT2D eigenvalue weighted by Gasteiger charge is 2.53. The minimum absolute atomic E-state index is 0.255. The maximum Gasteiger partial charge on any atom is 0.410 e. The molecule has 10 nitrogen and oxygen atoms in total. The summed E-state index contributed by atoms with van der Waals surface area (Å²) in [6, 6.07) is -1.70. The number of urea groups is 1. The number of nitrogens with zero attached hydrogens (tertiary/aromatic N) is 2. The Labute approximate surface area is 151 Å². The van der Waals surface area contributed by atoms with Gasteiger partial charge in [-0.3, -0.25) is 14.5 Å². The molecule has 0 radical (unpaired) electrons. The van der Waals surface area contributed by atoms with Crippen molar-refractivity contribution in [1.29, 1.82) is 0 Å². The molecule has 10 heteroatoms. The number of hydrogen-bond donors (Lipinski definition) is 2. The maximum atomic E-state index is 12.7. The maximum absolute atomic E-state index is 12.7. The highest BCUT2D eigenvalue weighted by molar-refractivity contribution is 6.07. The lowest BCUT2D eigenvalue weighted by atomic mass is 9.87. The van der Waals surface area contributed by atoms with Crippen LogP contribution in [0, 0.1) is 0 Å². The summed E-state index contributed by atoms with van der Waals surface area (Å²) in [6.07, 6.45) is 0.0790. The third-order valence-electron chi connectivity index (χ3n) is 4.40. The number of amides is 4. The molecule has 2 saturated heterocycles. The molecule has 2 aliphatic rings. The molecular weight excluding hydrogens is 344 g/mol. The van der Waals surface area contributed by atoms with Crippen molar-refractivity contribution in [2.24, 2.45) is 5.73 Å². The van der Waals surface area contributed by atoms with Crippen LogP contribution in [0.1, 0.15) is 33.6 Å². The lowest BCUT2D eigenvalue weighted by Gasteiger charge is -2.37. The van der Waals surface area contributed by atoms with Gasteiger partial charge in [-0.15, -0.1) is 0 Å². The fourth-order valence-corrected chi connectivity index (χ4v) is 3.00. The van der Waals surface area contributed by atoms with Crippen LogP contribution in [0.4, 0.5) is 9.59 Å². The zero-order chi connectivity index (χ0) is 19.7. The molecule has 2 aliphatic heterocycles. The number of likely N-dealkylation sites (tertiary alicyclic amines) is 1. The molecule has 0 aromatic heterocycles. The molecular formula is C16H26N4O6. The van der Waals surface area contributed by atoms with E-state index in [1.807, 2.05) is 0 Å². The van der Waals surface area contributed by atoms with Crippen molar-refractivity contribution < 1.29 is 28.7 Å². The second-order valence-electron chi connectivity index (χ2n) is 7.53. The number of hydrogen-bond acceptors (Lipinski definition) is 7. The molecule has 0 bridgehead atoms. The Hall–Kier alpha value is -2.36. The van der Waals surface area contributed by atoms with Crippen molar-refractivity contribution in [3.63, 3.8) is 0 Å². The van der Waals surface area contributed by atoms with Gasteiger partial charge in [0.05, 0.1) is 13.7 Å². The molecule has 2 fully saturated rings. The van der Waals surface area contributed by atoms with Gasteiger partial charge in [0, 0.05) is 13.1 Å². The molecule has 1 unspecified atom stereocenters. The Morgan fingerprint density at radius 3 is 2.35 bits per heavy atom. The van der Waals surface area contributed by atoms with Gasteiger partial charge in [0.1, 0.15) is 17.2 Å². The Balaban J connectivity index is 2.00. The molecule has 26 heavy (non-hydrogen) atoms. The highest BCUT2D eigenvalue weighted by Crippen LogP contribution is 2.30.